The van der Waals surface area contributed by atoms with Crippen LogP contribution in [0.4, 0.5) is 5.13 Å². The molecule has 136 valence electrons. The zero-order valence-corrected chi connectivity index (χ0v) is 16.8. The third-order valence-corrected chi connectivity index (χ3v) is 8.50. The van der Waals surface area contributed by atoms with Crippen LogP contribution in [0.3, 0.4) is 0 Å². The highest BCUT2D eigenvalue weighted by molar-refractivity contribution is 7.91. The lowest BCUT2D eigenvalue weighted by molar-refractivity contribution is -0.116. The lowest BCUT2D eigenvalue weighted by Crippen LogP contribution is -2.34. The van der Waals surface area contributed by atoms with Gasteiger partial charge < -0.3 is 5.32 Å². The van der Waals surface area contributed by atoms with E-state index in [0.29, 0.717) is 9.47 Å². The van der Waals surface area contributed by atoms with Gasteiger partial charge in [-0.15, -0.1) is 22.7 Å². The van der Waals surface area contributed by atoms with E-state index < -0.39 is 15.9 Å². The second-order valence-electron chi connectivity index (χ2n) is 5.82. The van der Waals surface area contributed by atoms with Crippen molar-refractivity contribution in [2.45, 2.75) is 36.3 Å². The van der Waals surface area contributed by atoms with Crippen molar-refractivity contribution in [3.8, 4) is 0 Å². The van der Waals surface area contributed by atoms with Crippen LogP contribution in [0.1, 0.15) is 29.8 Å². The Morgan fingerprint density at radius 1 is 1.28 bits per heavy atom. The predicted molar refractivity (Wildman–Crippen MR) is 101 cm³/mol. The number of carbonyl (C=O) groups is 1. The number of anilines is 1. The van der Waals surface area contributed by atoms with Crippen LogP contribution < -0.4 is 5.32 Å². The van der Waals surface area contributed by atoms with Crippen LogP contribution in [0.2, 0.25) is 4.34 Å². The van der Waals surface area contributed by atoms with Crippen molar-refractivity contribution in [3.63, 3.8) is 0 Å². The monoisotopic (exact) mass is 419 g/mol. The van der Waals surface area contributed by atoms with Crippen molar-refractivity contribution in [1.29, 1.82) is 0 Å². The maximum absolute atomic E-state index is 12.4. The molecule has 0 bridgehead atoms. The van der Waals surface area contributed by atoms with Crippen molar-refractivity contribution in [1.82, 2.24) is 9.29 Å². The molecule has 3 rings (SSSR count). The fourth-order valence-electron chi connectivity index (χ4n) is 2.62. The third kappa shape index (κ3) is 4.40. The topological polar surface area (TPSA) is 79.4 Å². The number of sulfonamides is 1. The second kappa shape index (κ2) is 7.71. The van der Waals surface area contributed by atoms with Crippen LogP contribution in [0.25, 0.3) is 0 Å². The van der Waals surface area contributed by atoms with E-state index >= 15 is 0 Å². The smallest absolute Gasteiger partial charge is 0.252 e. The van der Waals surface area contributed by atoms with Crippen molar-refractivity contribution in [2.75, 3.05) is 18.9 Å². The van der Waals surface area contributed by atoms with Crippen LogP contribution >= 0.6 is 34.3 Å². The van der Waals surface area contributed by atoms with Gasteiger partial charge in [0.25, 0.3) is 10.0 Å². The van der Waals surface area contributed by atoms with E-state index in [4.69, 9.17) is 11.6 Å². The van der Waals surface area contributed by atoms with Gasteiger partial charge in [0.1, 0.15) is 4.21 Å². The molecule has 1 N–H and O–H groups in total. The zero-order valence-electron chi connectivity index (χ0n) is 13.6. The quantitative estimate of drug-likeness (QED) is 0.753. The number of rotatable bonds is 5. The number of thiazole rings is 1. The normalized spacial score (nSPS) is 15.0. The minimum atomic E-state index is -3.72. The lowest BCUT2D eigenvalue weighted by atomic mass is 10.2. The predicted octanol–water partition coefficient (Wildman–Crippen LogP) is 3.39. The van der Waals surface area contributed by atoms with E-state index in [1.165, 1.54) is 41.8 Å². The Labute approximate surface area is 159 Å². The van der Waals surface area contributed by atoms with Gasteiger partial charge in [-0.2, -0.15) is 4.31 Å². The Morgan fingerprint density at radius 3 is 2.76 bits per heavy atom. The molecule has 2 aromatic rings. The minimum Gasteiger partial charge on any atom is -0.301 e. The first-order valence-electron chi connectivity index (χ1n) is 7.86. The molecule has 1 aliphatic rings. The van der Waals surface area contributed by atoms with E-state index in [-0.39, 0.29) is 10.8 Å². The number of halogens is 1. The van der Waals surface area contributed by atoms with Gasteiger partial charge in [-0.25, -0.2) is 13.4 Å². The molecule has 0 spiro atoms. The standard InChI is InChI=1S/C15H18ClN3O3S3/c1-19(25(21,22)14-8-7-12(16)24-14)9-13(20)18-15-17-10-5-3-2-4-6-11(10)23-15/h7-8H,2-6,9H2,1H3,(H,17,18,20). The minimum absolute atomic E-state index is 0.119. The molecule has 1 amide bonds. The van der Waals surface area contributed by atoms with Gasteiger partial charge >= 0.3 is 0 Å². The Hall–Kier alpha value is -1.000. The Kier molecular flexibility index (Phi) is 5.79. The number of hydrogen-bond donors (Lipinski definition) is 1. The molecule has 0 aromatic carbocycles. The largest absolute Gasteiger partial charge is 0.301 e. The first-order valence-corrected chi connectivity index (χ1v) is 11.3. The molecular formula is C15H18ClN3O3S3. The van der Waals surface area contributed by atoms with Crippen LogP contribution in [0.15, 0.2) is 16.3 Å². The molecule has 0 saturated heterocycles. The summed E-state index contributed by atoms with van der Waals surface area (Å²) in [5, 5.41) is 3.26. The number of amides is 1. The summed E-state index contributed by atoms with van der Waals surface area (Å²) in [4.78, 5) is 17.9. The molecule has 6 nitrogen and oxygen atoms in total. The van der Waals surface area contributed by atoms with Gasteiger partial charge in [-0.3, -0.25) is 4.79 Å². The van der Waals surface area contributed by atoms with Crippen LogP contribution in [0, 0.1) is 0 Å². The molecule has 0 fully saturated rings. The maximum atomic E-state index is 12.4. The van der Waals surface area contributed by atoms with Gasteiger partial charge in [-0.05, 0) is 37.8 Å². The fraction of sp³-hybridized carbons (Fsp3) is 0.467. The Bertz CT molecular complexity index is 852. The molecule has 2 aromatic heterocycles. The van der Waals surface area contributed by atoms with Gasteiger partial charge in [0, 0.05) is 11.9 Å². The van der Waals surface area contributed by atoms with Gasteiger partial charge in [0.15, 0.2) is 5.13 Å². The molecule has 10 heteroatoms. The Balaban J connectivity index is 1.64. The number of aryl methyl sites for hydroxylation is 2. The first kappa shape index (κ1) is 18.8. The van der Waals surface area contributed by atoms with Crippen molar-refractivity contribution < 1.29 is 13.2 Å². The van der Waals surface area contributed by atoms with E-state index in [1.54, 1.807) is 0 Å². The number of hydrogen-bond acceptors (Lipinski definition) is 6. The number of carbonyl (C=O) groups excluding carboxylic acids is 1. The number of nitrogens with zero attached hydrogens (tertiary/aromatic N) is 2. The lowest BCUT2D eigenvalue weighted by Gasteiger charge is -2.15. The number of thiophene rings is 1. The molecule has 0 aliphatic heterocycles. The summed E-state index contributed by atoms with van der Waals surface area (Å²) in [5.41, 5.74) is 1.06. The summed E-state index contributed by atoms with van der Waals surface area (Å²) in [6, 6.07) is 2.96. The molecule has 2 heterocycles. The fourth-order valence-corrected chi connectivity index (χ4v) is 6.50. The zero-order chi connectivity index (χ0) is 18.0. The van der Waals surface area contributed by atoms with Crippen molar-refractivity contribution in [2.24, 2.45) is 0 Å². The summed E-state index contributed by atoms with van der Waals surface area (Å²) in [5.74, 6) is -0.405. The highest BCUT2D eigenvalue weighted by Crippen LogP contribution is 2.29. The second-order valence-corrected chi connectivity index (χ2v) is 10.9. The summed E-state index contributed by atoms with van der Waals surface area (Å²) in [7, 11) is -2.35. The number of aromatic nitrogens is 1. The average molecular weight is 420 g/mol. The van der Waals surface area contributed by atoms with Crippen LogP contribution in [0.5, 0.6) is 0 Å². The highest BCUT2D eigenvalue weighted by atomic mass is 35.5. The average Bonchev–Trinajstić information content (AvgIpc) is 3.08. The van der Waals surface area contributed by atoms with E-state index in [0.717, 1.165) is 47.0 Å². The Morgan fingerprint density at radius 2 is 2.04 bits per heavy atom. The number of nitrogens with one attached hydrogen (secondary N) is 1. The molecular weight excluding hydrogens is 402 g/mol. The molecule has 0 atom stereocenters. The third-order valence-electron chi connectivity index (χ3n) is 3.92. The van der Waals surface area contributed by atoms with Crippen LogP contribution in [-0.2, 0) is 27.7 Å². The van der Waals surface area contributed by atoms with Crippen molar-refractivity contribution in [3.05, 3.63) is 27.0 Å². The molecule has 0 radical (unpaired) electrons. The highest BCUT2D eigenvalue weighted by Gasteiger charge is 2.25. The van der Waals surface area contributed by atoms with Gasteiger partial charge in [-0.1, -0.05) is 18.0 Å². The van der Waals surface area contributed by atoms with Crippen LogP contribution in [-0.4, -0.2) is 37.2 Å². The van der Waals surface area contributed by atoms with Crippen molar-refractivity contribution >= 4 is 55.3 Å². The van der Waals surface area contributed by atoms with Gasteiger partial charge in [0.2, 0.25) is 5.91 Å². The number of likely N-dealkylation sites (N-methyl/N-ethyl adjacent to an activating group) is 1. The van der Waals surface area contributed by atoms with E-state index in [1.807, 2.05) is 0 Å². The summed E-state index contributed by atoms with van der Waals surface area (Å²) in [6.07, 6.45) is 5.41. The maximum Gasteiger partial charge on any atom is 0.252 e. The summed E-state index contributed by atoms with van der Waals surface area (Å²) >= 11 is 8.25. The summed E-state index contributed by atoms with van der Waals surface area (Å²) < 4.78 is 26.4. The summed E-state index contributed by atoms with van der Waals surface area (Å²) in [6.45, 7) is -0.276. The van der Waals surface area contributed by atoms with E-state index in [9.17, 15) is 13.2 Å². The SMILES string of the molecule is CN(CC(=O)Nc1nc2c(s1)CCCCC2)S(=O)(=O)c1ccc(Cl)s1. The van der Waals surface area contributed by atoms with E-state index in [2.05, 4.69) is 10.3 Å². The molecule has 0 unspecified atom stereocenters. The first-order chi connectivity index (χ1) is 11.9. The van der Waals surface area contributed by atoms with Gasteiger partial charge in [0.05, 0.1) is 16.6 Å². The molecule has 25 heavy (non-hydrogen) atoms. The molecule has 1 aliphatic carbocycles. The molecule has 0 saturated carbocycles. The number of fused-ring (bicyclic) bond motifs is 1.